The van der Waals surface area contributed by atoms with E-state index in [4.69, 9.17) is 21.1 Å². The number of aliphatic hydroxyl groups excluding tert-OH is 1. The number of hydrogen-bond donors (Lipinski definition) is 1. The molecule has 110 valence electrons. The van der Waals surface area contributed by atoms with Crippen LogP contribution in [-0.4, -0.2) is 18.3 Å². The Balaban J connectivity index is 1.94. The molecule has 1 aliphatic heterocycles. The summed E-state index contributed by atoms with van der Waals surface area (Å²) < 4.78 is 11.3. The largest absolute Gasteiger partial charge is 0.490 e. The molecular weight excluding hydrogens is 288 g/mol. The summed E-state index contributed by atoms with van der Waals surface area (Å²) in [7, 11) is 0. The summed E-state index contributed by atoms with van der Waals surface area (Å²) in [6, 6.07) is 11.1. The molecule has 4 heteroatoms. The third kappa shape index (κ3) is 3.14. The lowest BCUT2D eigenvalue weighted by atomic mass is 9.99. The molecule has 1 aliphatic rings. The van der Waals surface area contributed by atoms with Crippen LogP contribution in [0.1, 0.15) is 29.2 Å². The zero-order valence-electron chi connectivity index (χ0n) is 11.8. The number of halogens is 1. The van der Waals surface area contributed by atoms with Gasteiger partial charge in [-0.1, -0.05) is 23.7 Å². The smallest absolute Gasteiger partial charge is 0.161 e. The molecule has 1 unspecified atom stereocenters. The lowest BCUT2D eigenvalue weighted by molar-refractivity contribution is 0.219. The highest BCUT2D eigenvalue weighted by atomic mass is 35.5. The van der Waals surface area contributed by atoms with Crippen LogP contribution in [0.2, 0.25) is 5.02 Å². The van der Waals surface area contributed by atoms with Gasteiger partial charge in [0.1, 0.15) is 6.10 Å². The molecule has 2 aromatic rings. The maximum Gasteiger partial charge on any atom is 0.161 e. The molecule has 1 heterocycles. The molecule has 0 radical (unpaired) electrons. The Morgan fingerprint density at radius 1 is 1.00 bits per heavy atom. The standard InChI is InChI=1S/C17H17ClO3/c1-11-7-13(9-14(18)8-11)17(19)12-3-4-15-16(10-12)21-6-2-5-20-15/h3-4,7-10,17,19H,2,5-6H2,1H3. The number of aliphatic hydroxyl groups is 1. The van der Waals surface area contributed by atoms with Crippen LogP contribution in [0.25, 0.3) is 0 Å². The van der Waals surface area contributed by atoms with Crippen molar-refractivity contribution < 1.29 is 14.6 Å². The van der Waals surface area contributed by atoms with Gasteiger partial charge < -0.3 is 14.6 Å². The minimum atomic E-state index is -0.737. The van der Waals surface area contributed by atoms with Crippen LogP contribution in [0.15, 0.2) is 36.4 Å². The van der Waals surface area contributed by atoms with E-state index in [1.165, 1.54) is 0 Å². The summed E-state index contributed by atoms with van der Waals surface area (Å²) in [6.07, 6.45) is 0.125. The molecule has 1 atom stereocenters. The molecule has 21 heavy (non-hydrogen) atoms. The lowest BCUT2D eigenvalue weighted by Gasteiger charge is -2.15. The summed E-state index contributed by atoms with van der Waals surface area (Å²) in [4.78, 5) is 0. The summed E-state index contributed by atoms with van der Waals surface area (Å²) in [5, 5.41) is 11.2. The fraction of sp³-hybridized carbons (Fsp3) is 0.294. The zero-order chi connectivity index (χ0) is 14.8. The number of hydrogen-bond acceptors (Lipinski definition) is 3. The summed E-state index contributed by atoms with van der Waals surface area (Å²) in [5.41, 5.74) is 2.56. The second-order valence-corrected chi connectivity index (χ2v) is 5.66. The van der Waals surface area contributed by atoms with Crippen molar-refractivity contribution >= 4 is 11.6 Å². The molecule has 3 rings (SSSR count). The van der Waals surface area contributed by atoms with Crippen molar-refractivity contribution in [3.63, 3.8) is 0 Å². The maximum absolute atomic E-state index is 10.6. The number of ether oxygens (including phenoxy) is 2. The third-order valence-electron chi connectivity index (χ3n) is 3.47. The minimum Gasteiger partial charge on any atom is -0.490 e. The number of aryl methyl sites for hydroxylation is 1. The molecular formula is C17H17ClO3. The quantitative estimate of drug-likeness (QED) is 0.915. The fourth-order valence-electron chi connectivity index (χ4n) is 2.46. The molecule has 0 fully saturated rings. The SMILES string of the molecule is Cc1cc(Cl)cc(C(O)c2ccc3c(c2)OCCCO3)c1. The monoisotopic (exact) mass is 304 g/mol. The highest BCUT2D eigenvalue weighted by molar-refractivity contribution is 6.30. The number of rotatable bonds is 2. The van der Waals surface area contributed by atoms with E-state index in [1.807, 2.05) is 37.3 Å². The second kappa shape index (κ2) is 5.96. The van der Waals surface area contributed by atoms with Crippen LogP contribution in [0.3, 0.4) is 0 Å². The van der Waals surface area contributed by atoms with Crippen molar-refractivity contribution in [3.8, 4) is 11.5 Å². The molecule has 0 saturated carbocycles. The van der Waals surface area contributed by atoms with Crippen molar-refractivity contribution in [1.29, 1.82) is 0 Å². The number of benzene rings is 2. The first-order valence-corrected chi connectivity index (χ1v) is 7.36. The maximum atomic E-state index is 10.6. The van der Waals surface area contributed by atoms with Crippen LogP contribution in [0, 0.1) is 6.92 Å². The van der Waals surface area contributed by atoms with Crippen LogP contribution in [-0.2, 0) is 0 Å². The van der Waals surface area contributed by atoms with Crippen molar-refractivity contribution in [2.24, 2.45) is 0 Å². The van der Waals surface area contributed by atoms with E-state index < -0.39 is 6.10 Å². The Hall–Kier alpha value is -1.71. The van der Waals surface area contributed by atoms with Crippen LogP contribution >= 0.6 is 11.6 Å². The normalized spacial score (nSPS) is 15.4. The zero-order valence-corrected chi connectivity index (χ0v) is 12.6. The van der Waals surface area contributed by atoms with E-state index in [0.717, 1.165) is 28.9 Å². The fourth-order valence-corrected chi connectivity index (χ4v) is 2.76. The Kier molecular flexibility index (Phi) is 4.04. The van der Waals surface area contributed by atoms with E-state index in [-0.39, 0.29) is 0 Å². The van der Waals surface area contributed by atoms with Crippen LogP contribution < -0.4 is 9.47 Å². The van der Waals surface area contributed by atoms with Crippen molar-refractivity contribution in [2.45, 2.75) is 19.4 Å². The minimum absolute atomic E-state index is 0.624. The molecule has 0 aromatic heterocycles. The first-order chi connectivity index (χ1) is 10.1. The first-order valence-electron chi connectivity index (χ1n) is 6.98. The van der Waals surface area contributed by atoms with Crippen LogP contribution in [0.4, 0.5) is 0 Å². The van der Waals surface area contributed by atoms with Gasteiger partial charge in [-0.05, 0) is 47.9 Å². The Labute approximate surface area is 129 Å². The first kappa shape index (κ1) is 14.2. The van der Waals surface area contributed by atoms with Gasteiger partial charge in [-0.15, -0.1) is 0 Å². The predicted molar refractivity (Wildman–Crippen MR) is 82.3 cm³/mol. The summed E-state index contributed by atoms with van der Waals surface area (Å²) >= 11 is 6.06. The average molecular weight is 305 g/mol. The van der Waals surface area contributed by atoms with Gasteiger partial charge in [-0.3, -0.25) is 0 Å². The van der Waals surface area contributed by atoms with Gasteiger partial charge in [0.2, 0.25) is 0 Å². The van der Waals surface area contributed by atoms with Gasteiger partial charge in [0.05, 0.1) is 13.2 Å². The van der Waals surface area contributed by atoms with Gasteiger partial charge in [-0.2, -0.15) is 0 Å². The van der Waals surface area contributed by atoms with Gasteiger partial charge in [-0.25, -0.2) is 0 Å². The molecule has 0 aliphatic carbocycles. The molecule has 3 nitrogen and oxygen atoms in total. The molecule has 0 bridgehead atoms. The van der Waals surface area contributed by atoms with Crippen molar-refractivity contribution in [2.75, 3.05) is 13.2 Å². The predicted octanol–water partition coefficient (Wildman–Crippen LogP) is 3.89. The van der Waals surface area contributed by atoms with E-state index in [2.05, 4.69) is 0 Å². The van der Waals surface area contributed by atoms with Crippen LogP contribution in [0.5, 0.6) is 11.5 Å². The third-order valence-corrected chi connectivity index (χ3v) is 3.69. The Morgan fingerprint density at radius 3 is 2.52 bits per heavy atom. The van der Waals surface area contributed by atoms with Gasteiger partial charge >= 0.3 is 0 Å². The molecule has 1 N–H and O–H groups in total. The lowest BCUT2D eigenvalue weighted by Crippen LogP contribution is -2.01. The van der Waals surface area contributed by atoms with E-state index >= 15 is 0 Å². The van der Waals surface area contributed by atoms with E-state index in [1.54, 1.807) is 6.07 Å². The topological polar surface area (TPSA) is 38.7 Å². The van der Waals surface area contributed by atoms with Gasteiger partial charge in [0.25, 0.3) is 0 Å². The summed E-state index contributed by atoms with van der Waals surface area (Å²) in [5.74, 6) is 1.41. The Morgan fingerprint density at radius 2 is 1.76 bits per heavy atom. The molecule has 0 amide bonds. The second-order valence-electron chi connectivity index (χ2n) is 5.22. The highest BCUT2D eigenvalue weighted by Crippen LogP contribution is 2.34. The van der Waals surface area contributed by atoms with E-state index in [9.17, 15) is 5.11 Å². The molecule has 2 aromatic carbocycles. The van der Waals surface area contributed by atoms with Gasteiger partial charge in [0.15, 0.2) is 11.5 Å². The summed E-state index contributed by atoms with van der Waals surface area (Å²) in [6.45, 7) is 3.24. The molecule has 0 saturated heterocycles. The van der Waals surface area contributed by atoms with Crippen molar-refractivity contribution in [3.05, 3.63) is 58.1 Å². The average Bonchev–Trinajstić information content (AvgIpc) is 2.69. The Bertz CT molecular complexity index is 634. The van der Waals surface area contributed by atoms with Gasteiger partial charge in [0, 0.05) is 11.4 Å². The highest BCUT2D eigenvalue weighted by Gasteiger charge is 2.16. The number of fused-ring (bicyclic) bond motifs is 1. The van der Waals surface area contributed by atoms with Crippen molar-refractivity contribution in [1.82, 2.24) is 0 Å². The van der Waals surface area contributed by atoms with E-state index in [0.29, 0.717) is 24.0 Å². The molecule has 0 spiro atoms.